The number of halogens is 2. The average Bonchev–Trinajstić information content (AvgIpc) is 2.69. The second kappa shape index (κ2) is 4.33. The van der Waals surface area contributed by atoms with Crippen molar-refractivity contribution < 1.29 is 13.6 Å². The van der Waals surface area contributed by atoms with Gasteiger partial charge in [0.15, 0.2) is 0 Å². The average molecular weight is 264 g/mol. The Hall–Kier alpha value is -1.91. The first-order valence-corrected chi connectivity index (χ1v) is 6.28. The minimum atomic E-state index is -0.928. The van der Waals surface area contributed by atoms with Crippen molar-refractivity contribution in [3.8, 4) is 0 Å². The molecule has 0 spiro atoms. The molecule has 0 radical (unpaired) electrons. The van der Waals surface area contributed by atoms with Crippen molar-refractivity contribution in [3.05, 3.63) is 41.5 Å². The highest BCUT2D eigenvalue weighted by Gasteiger charge is 2.41. The molecule has 3 unspecified atom stereocenters. The van der Waals surface area contributed by atoms with Gasteiger partial charge in [-0.1, -0.05) is 12.2 Å². The van der Waals surface area contributed by atoms with Crippen LogP contribution in [0.4, 0.5) is 14.5 Å². The minimum Gasteiger partial charge on any atom is -0.379 e. The third kappa shape index (κ3) is 1.99. The second-order valence-electron chi connectivity index (χ2n) is 5.16. The number of nitrogens with one attached hydrogen (secondary N) is 1. The Kier molecular flexibility index (Phi) is 2.77. The number of primary amides is 1. The molecule has 2 aliphatic carbocycles. The number of amides is 1. The summed E-state index contributed by atoms with van der Waals surface area (Å²) < 4.78 is 27.0. The molecule has 3 N–H and O–H groups in total. The van der Waals surface area contributed by atoms with Crippen LogP contribution >= 0.6 is 0 Å². The molecule has 0 aromatic heterocycles. The van der Waals surface area contributed by atoms with Gasteiger partial charge in [-0.15, -0.1) is 0 Å². The van der Waals surface area contributed by atoms with E-state index in [9.17, 15) is 13.6 Å². The van der Waals surface area contributed by atoms with Crippen molar-refractivity contribution in [1.82, 2.24) is 0 Å². The summed E-state index contributed by atoms with van der Waals surface area (Å²) in [6, 6.07) is 1.99. The van der Waals surface area contributed by atoms with Crippen LogP contribution in [0.5, 0.6) is 0 Å². The third-order valence-electron chi connectivity index (χ3n) is 4.03. The Bertz CT molecular complexity index is 571. The molecule has 1 saturated carbocycles. The van der Waals surface area contributed by atoms with Gasteiger partial charge in [-0.25, -0.2) is 8.78 Å². The number of anilines is 1. The molecule has 1 aromatic carbocycles. The highest BCUT2D eigenvalue weighted by Crippen LogP contribution is 2.44. The van der Waals surface area contributed by atoms with E-state index in [2.05, 4.69) is 17.5 Å². The maximum Gasteiger partial charge on any atom is 0.251 e. The lowest BCUT2D eigenvalue weighted by atomic mass is 9.71. The number of hydrogen-bond acceptors (Lipinski definition) is 2. The fourth-order valence-electron chi connectivity index (χ4n) is 2.93. The van der Waals surface area contributed by atoms with Crippen molar-refractivity contribution in [3.63, 3.8) is 0 Å². The van der Waals surface area contributed by atoms with E-state index >= 15 is 0 Å². The Balaban J connectivity index is 1.82. The van der Waals surface area contributed by atoms with Crippen LogP contribution in [0.2, 0.25) is 0 Å². The molecule has 3 nitrogen and oxygen atoms in total. The van der Waals surface area contributed by atoms with Crippen molar-refractivity contribution >= 4 is 11.6 Å². The van der Waals surface area contributed by atoms with Gasteiger partial charge in [0.05, 0.1) is 11.3 Å². The highest BCUT2D eigenvalue weighted by molar-refractivity contribution is 5.94. The molecule has 5 heteroatoms. The van der Waals surface area contributed by atoms with Crippen molar-refractivity contribution in [2.75, 3.05) is 5.32 Å². The zero-order chi connectivity index (χ0) is 13.6. The molecule has 1 fully saturated rings. The summed E-state index contributed by atoms with van der Waals surface area (Å²) in [5.74, 6) is -1.48. The van der Waals surface area contributed by atoms with Crippen LogP contribution in [0.1, 0.15) is 23.2 Å². The minimum absolute atomic E-state index is 0.138. The van der Waals surface area contributed by atoms with Gasteiger partial charge in [0.1, 0.15) is 11.6 Å². The normalized spacial score (nSPS) is 27.8. The smallest absolute Gasteiger partial charge is 0.251 e. The van der Waals surface area contributed by atoms with Gasteiger partial charge < -0.3 is 11.1 Å². The summed E-state index contributed by atoms with van der Waals surface area (Å²) in [6.07, 6.45) is 6.29. The highest BCUT2D eigenvalue weighted by atomic mass is 19.1. The quantitative estimate of drug-likeness (QED) is 0.824. The Morgan fingerprint density at radius 3 is 2.79 bits per heavy atom. The summed E-state index contributed by atoms with van der Waals surface area (Å²) in [6.45, 7) is 0. The standard InChI is InChI=1S/C14H14F2N2O/c15-10-6-11(16)13(5-9(10)14(17)19)18-12-4-7-2-1-3-8(7)12/h1,3,5-8,12,18H,2,4H2,(H2,17,19). The first kappa shape index (κ1) is 12.1. The van der Waals surface area contributed by atoms with E-state index in [4.69, 9.17) is 5.73 Å². The monoisotopic (exact) mass is 264 g/mol. The number of carbonyl (C=O) groups excluding carboxylic acids is 1. The second-order valence-corrected chi connectivity index (χ2v) is 5.16. The van der Waals surface area contributed by atoms with Crippen molar-refractivity contribution in [1.29, 1.82) is 0 Å². The first-order chi connectivity index (χ1) is 9.06. The molecule has 0 bridgehead atoms. The lowest BCUT2D eigenvalue weighted by molar-refractivity contribution is 0.0996. The van der Waals surface area contributed by atoms with Crippen LogP contribution in [-0.4, -0.2) is 11.9 Å². The lowest BCUT2D eigenvalue weighted by Gasteiger charge is -2.41. The van der Waals surface area contributed by atoms with Gasteiger partial charge >= 0.3 is 0 Å². The zero-order valence-electron chi connectivity index (χ0n) is 10.2. The van der Waals surface area contributed by atoms with Crippen LogP contribution < -0.4 is 11.1 Å². The number of allylic oxidation sites excluding steroid dienone is 1. The molecule has 3 atom stereocenters. The third-order valence-corrected chi connectivity index (χ3v) is 4.03. The molecule has 0 aliphatic heterocycles. The molecule has 3 rings (SSSR count). The van der Waals surface area contributed by atoms with Crippen LogP contribution in [0, 0.1) is 23.5 Å². The largest absolute Gasteiger partial charge is 0.379 e. The van der Waals surface area contributed by atoms with Crippen LogP contribution in [0.25, 0.3) is 0 Å². The number of benzene rings is 1. The fourth-order valence-corrected chi connectivity index (χ4v) is 2.93. The summed E-state index contributed by atoms with van der Waals surface area (Å²) >= 11 is 0. The van der Waals surface area contributed by atoms with Gasteiger partial charge in [0.2, 0.25) is 0 Å². The van der Waals surface area contributed by atoms with Gasteiger partial charge in [0, 0.05) is 18.0 Å². The van der Waals surface area contributed by atoms with Gasteiger partial charge in [-0.05, 0) is 24.8 Å². The topological polar surface area (TPSA) is 55.1 Å². The predicted octanol–water partition coefficient (Wildman–Crippen LogP) is 2.44. The Morgan fingerprint density at radius 2 is 2.11 bits per heavy atom. The molecular formula is C14H14F2N2O. The molecule has 0 heterocycles. The van der Waals surface area contributed by atoms with Gasteiger partial charge in [-0.2, -0.15) is 0 Å². The number of carbonyl (C=O) groups is 1. The molecular weight excluding hydrogens is 250 g/mol. The van der Waals surface area contributed by atoms with Crippen LogP contribution in [-0.2, 0) is 0 Å². The Labute approximate surface area is 109 Å². The zero-order valence-corrected chi connectivity index (χ0v) is 10.2. The van der Waals surface area contributed by atoms with Crippen molar-refractivity contribution in [2.45, 2.75) is 18.9 Å². The fraction of sp³-hybridized carbons (Fsp3) is 0.357. The summed E-state index contributed by atoms with van der Waals surface area (Å²) in [4.78, 5) is 11.1. The molecule has 100 valence electrons. The van der Waals surface area contributed by atoms with E-state index in [-0.39, 0.29) is 17.3 Å². The summed E-state index contributed by atoms with van der Waals surface area (Å²) in [5.41, 5.74) is 4.90. The lowest BCUT2D eigenvalue weighted by Crippen LogP contribution is -2.43. The SMILES string of the molecule is NC(=O)c1cc(NC2CC3CC=CC32)c(F)cc1F. The van der Waals surface area contributed by atoms with E-state index < -0.39 is 17.5 Å². The van der Waals surface area contributed by atoms with E-state index in [1.807, 2.05) is 0 Å². The van der Waals surface area contributed by atoms with Crippen LogP contribution in [0.3, 0.4) is 0 Å². The first-order valence-electron chi connectivity index (χ1n) is 6.28. The number of nitrogens with two attached hydrogens (primary N) is 1. The molecule has 2 aliphatic rings. The molecule has 1 aromatic rings. The number of rotatable bonds is 3. The van der Waals surface area contributed by atoms with Crippen LogP contribution in [0.15, 0.2) is 24.3 Å². The van der Waals surface area contributed by atoms with E-state index in [0.29, 0.717) is 17.9 Å². The number of fused-ring (bicyclic) bond motifs is 1. The number of hydrogen-bond donors (Lipinski definition) is 2. The van der Waals surface area contributed by atoms with E-state index in [1.165, 1.54) is 0 Å². The summed E-state index contributed by atoms with van der Waals surface area (Å²) in [5, 5.41) is 3.04. The summed E-state index contributed by atoms with van der Waals surface area (Å²) in [7, 11) is 0. The maximum atomic E-state index is 13.7. The molecule has 0 saturated heterocycles. The van der Waals surface area contributed by atoms with Gasteiger partial charge in [-0.3, -0.25) is 4.79 Å². The molecule has 19 heavy (non-hydrogen) atoms. The van der Waals surface area contributed by atoms with E-state index in [0.717, 1.165) is 18.9 Å². The predicted molar refractivity (Wildman–Crippen MR) is 67.6 cm³/mol. The molecule has 1 amide bonds. The Morgan fingerprint density at radius 1 is 1.32 bits per heavy atom. The van der Waals surface area contributed by atoms with E-state index in [1.54, 1.807) is 0 Å². The van der Waals surface area contributed by atoms with Crippen molar-refractivity contribution in [2.24, 2.45) is 17.6 Å². The maximum absolute atomic E-state index is 13.7. The van der Waals surface area contributed by atoms with Gasteiger partial charge in [0.25, 0.3) is 5.91 Å².